The lowest BCUT2D eigenvalue weighted by molar-refractivity contribution is 0.222. The van der Waals surface area contributed by atoms with E-state index < -0.39 is 0 Å². The second-order valence-corrected chi connectivity index (χ2v) is 10.8. The Balaban J connectivity index is 1.74. The fourth-order valence-electron chi connectivity index (χ4n) is 5.01. The highest BCUT2D eigenvalue weighted by atomic mass is 15.5. The highest BCUT2D eigenvalue weighted by molar-refractivity contribution is 5.73. The molecule has 2 aliphatic carbocycles. The van der Waals surface area contributed by atoms with E-state index in [9.17, 15) is 0 Å². The number of hydrogen-bond acceptors (Lipinski definition) is 3. The molecule has 1 aromatic carbocycles. The third kappa shape index (κ3) is 4.88. The SMILES string of the molecule is CCC(C)CN(Cn1nnc2ccccc21)/C(C)=C1\CC(C)(C)CC\C1=C(\C)C1CC1. The second-order valence-electron chi connectivity index (χ2n) is 10.8. The quantitative estimate of drug-likeness (QED) is 0.486. The molecule has 1 unspecified atom stereocenters. The van der Waals surface area contributed by atoms with Gasteiger partial charge in [-0.3, -0.25) is 0 Å². The molecular formula is C27H40N4. The summed E-state index contributed by atoms with van der Waals surface area (Å²) < 4.78 is 2.08. The molecule has 4 rings (SSSR count). The van der Waals surface area contributed by atoms with Gasteiger partial charge in [-0.15, -0.1) is 5.10 Å². The second kappa shape index (κ2) is 8.80. The molecule has 168 valence electrons. The summed E-state index contributed by atoms with van der Waals surface area (Å²) in [5.74, 6) is 1.47. The van der Waals surface area contributed by atoms with Crippen LogP contribution in [-0.4, -0.2) is 26.4 Å². The molecule has 2 aromatic rings. The zero-order valence-corrected chi connectivity index (χ0v) is 20.4. The van der Waals surface area contributed by atoms with E-state index in [1.807, 2.05) is 12.1 Å². The van der Waals surface area contributed by atoms with Gasteiger partial charge in [0.25, 0.3) is 0 Å². The van der Waals surface area contributed by atoms with Gasteiger partial charge in [0.05, 0.1) is 5.52 Å². The third-order valence-corrected chi connectivity index (χ3v) is 7.60. The number of para-hydroxylation sites is 1. The zero-order valence-electron chi connectivity index (χ0n) is 20.4. The number of rotatable bonds is 7. The van der Waals surface area contributed by atoms with Crippen molar-refractivity contribution >= 4 is 11.0 Å². The summed E-state index contributed by atoms with van der Waals surface area (Å²) in [5.41, 5.74) is 8.84. The van der Waals surface area contributed by atoms with Crippen molar-refractivity contribution in [3.8, 4) is 0 Å². The van der Waals surface area contributed by atoms with Crippen LogP contribution in [0.2, 0.25) is 0 Å². The molecule has 1 heterocycles. The van der Waals surface area contributed by atoms with E-state index in [1.165, 1.54) is 44.2 Å². The van der Waals surface area contributed by atoms with E-state index in [-0.39, 0.29) is 0 Å². The first-order chi connectivity index (χ1) is 14.8. The smallest absolute Gasteiger partial charge is 0.114 e. The Hall–Kier alpha value is -2.10. The fourth-order valence-corrected chi connectivity index (χ4v) is 5.01. The fraction of sp³-hybridized carbons (Fsp3) is 0.630. The molecule has 0 saturated heterocycles. The van der Waals surface area contributed by atoms with E-state index >= 15 is 0 Å². The van der Waals surface area contributed by atoms with Crippen molar-refractivity contribution in [2.45, 2.75) is 86.7 Å². The van der Waals surface area contributed by atoms with Crippen LogP contribution in [-0.2, 0) is 6.67 Å². The molecule has 0 spiro atoms. The number of hydrogen-bond donors (Lipinski definition) is 0. The van der Waals surface area contributed by atoms with E-state index in [1.54, 1.807) is 16.7 Å². The van der Waals surface area contributed by atoms with Crippen molar-refractivity contribution in [2.24, 2.45) is 17.3 Å². The topological polar surface area (TPSA) is 34.0 Å². The lowest BCUT2D eigenvalue weighted by Crippen LogP contribution is -2.32. The summed E-state index contributed by atoms with van der Waals surface area (Å²) in [6.07, 6.45) is 7.65. The van der Waals surface area contributed by atoms with Crippen LogP contribution in [0.4, 0.5) is 0 Å². The lowest BCUT2D eigenvalue weighted by Gasteiger charge is -2.38. The van der Waals surface area contributed by atoms with Crippen LogP contribution in [0.1, 0.15) is 80.1 Å². The molecule has 2 fully saturated rings. The van der Waals surface area contributed by atoms with Crippen molar-refractivity contribution < 1.29 is 0 Å². The molecular weight excluding hydrogens is 380 g/mol. The van der Waals surface area contributed by atoms with Gasteiger partial charge < -0.3 is 4.90 Å². The molecule has 0 bridgehead atoms. The van der Waals surface area contributed by atoms with Crippen molar-refractivity contribution in [3.05, 3.63) is 46.7 Å². The van der Waals surface area contributed by atoms with Gasteiger partial charge in [0.15, 0.2) is 0 Å². The van der Waals surface area contributed by atoms with Gasteiger partial charge in [-0.1, -0.05) is 57.0 Å². The van der Waals surface area contributed by atoms with Gasteiger partial charge in [-0.2, -0.15) is 0 Å². The van der Waals surface area contributed by atoms with E-state index in [2.05, 4.69) is 73.6 Å². The standard InChI is InChI=1S/C27H40N4/c1-7-19(2)17-30(18-31-26-11-9-8-10-25(26)28-29-31)21(4)24-16-27(5,6)15-14-23(24)20(3)22-12-13-22/h8-11,19,22H,7,12-18H2,1-6H3/b23-20+,24-21+. The van der Waals surface area contributed by atoms with Crippen LogP contribution in [0.3, 0.4) is 0 Å². The van der Waals surface area contributed by atoms with Crippen LogP contribution >= 0.6 is 0 Å². The molecule has 0 N–H and O–H groups in total. The Morgan fingerprint density at radius 1 is 1.19 bits per heavy atom. The molecule has 2 saturated carbocycles. The monoisotopic (exact) mass is 420 g/mol. The van der Waals surface area contributed by atoms with E-state index in [0.717, 1.165) is 30.2 Å². The van der Waals surface area contributed by atoms with E-state index in [0.29, 0.717) is 11.3 Å². The third-order valence-electron chi connectivity index (χ3n) is 7.60. The highest BCUT2D eigenvalue weighted by Crippen LogP contribution is 2.48. The van der Waals surface area contributed by atoms with Crippen LogP contribution in [0.15, 0.2) is 46.7 Å². The Kier molecular flexibility index (Phi) is 6.27. The zero-order chi connectivity index (χ0) is 22.2. The minimum absolute atomic E-state index is 0.367. The first-order valence-electron chi connectivity index (χ1n) is 12.2. The summed E-state index contributed by atoms with van der Waals surface area (Å²) in [6, 6.07) is 8.29. The summed E-state index contributed by atoms with van der Waals surface area (Å²) >= 11 is 0. The average Bonchev–Trinajstić information content (AvgIpc) is 3.53. The maximum Gasteiger partial charge on any atom is 0.114 e. The first kappa shape index (κ1) is 22.1. The van der Waals surface area contributed by atoms with Gasteiger partial charge >= 0.3 is 0 Å². The van der Waals surface area contributed by atoms with Gasteiger partial charge in [-0.05, 0) is 86.5 Å². The van der Waals surface area contributed by atoms with Crippen LogP contribution in [0.25, 0.3) is 11.0 Å². The Morgan fingerprint density at radius 3 is 2.65 bits per heavy atom. The number of nitrogens with zero attached hydrogens (tertiary/aromatic N) is 4. The largest absolute Gasteiger partial charge is 0.355 e. The lowest BCUT2D eigenvalue weighted by atomic mass is 9.71. The van der Waals surface area contributed by atoms with Gasteiger partial charge in [0.2, 0.25) is 0 Å². The van der Waals surface area contributed by atoms with Crippen molar-refractivity contribution in [1.29, 1.82) is 0 Å². The van der Waals surface area contributed by atoms with E-state index in [4.69, 9.17) is 0 Å². The van der Waals surface area contributed by atoms with Crippen LogP contribution in [0, 0.1) is 17.3 Å². The maximum absolute atomic E-state index is 4.51. The van der Waals surface area contributed by atoms with Gasteiger partial charge in [0.1, 0.15) is 12.2 Å². The molecule has 1 aromatic heterocycles. The molecule has 0 amide bonds. The molecule has 4 nitrogen and oxygen atoms in total. The maximum atomic E-state index is 4.51. The van der Waals surface area contributed by atoms with Crippen molar-refractivity contribution in [3.63, 3.8) is 0 Å². The summed E-state index contributed by atoms with van der Waals surface area (Å²) in [5, 5.41) is 8.91. The number of fused-ring (bicyclic) bond motifs is 1. The summed E-state index contributed by atoms with van der Waals surface area (Å²) in [7, 11) is 0. The minimum atomic E-state index is 0.367. The first-order valence-corrected chi connectivity index (χ1v) is 12.2. The minimum Gasteiger partial charge on any atom is -0.355 e. The predicted octanol–water partition coefficient (Wildman–Crippen LogP) is 6.95. The predicted molar refractivity (Wildman–Crippen MR) is 129 cm³/mol. The normalized spacial score (nSPS) is 23.0. The van der Waals surface area contributed by atoms with Crippen molar-refractivity contribution in [2.75, 3.05) is 6.54 Å². The highest BCUT2D eigenvalue weighted by Gasteiger charge is 2.34. The Morgan fingerprint density at radius 2 is 1.94 bits per heavy atom. The molecule has 0 aliphatic heterocycles. The van der Waals surface area contributed by atoms with Crippen LogP contribution < -0.4 is 0 Å². The molecule has 31 heavy (non-hydrogen) atoms. The number of allylic oxidation sites excluding steroid dienone is 4. The number of benzene rings is 1. The molecule has 2 aliphatic rings. The molecule has 1 atom stereocenters. The molecule has 0 radical (unpaired) electrons. The Bertz CT molecular complexity index is 990. The Labute approximate surface area is 188 Å². The average molecular weight is 421 g/mol. The summed E-state index contributed by atoms with van der Waals surface area (Å²) in [6.45, 7) is 16.1. The summed E-state index contributed by atoms with van der Waals surface area (Å²) in [4.78, 5) is 2.58. The van der Waals surface area contributed by atoms with Crippen molar-refractivity contribution in [1.82, 2.24) is 19.9 Å². The van der Waals surface area contributed by atoms with Crippen LogP contribution in [0.5, 0.6) is 0 Å². The van der Waals surface area contributed by atoms with Gasteiger partial charge in [0, 0.05) is 12.2 Å². The van der Waals surface area contributed by atoms with Gasteiger partial charge in [-0.25, -0.2) is 4.68 Å². The number of aromatic nitrogens is 3. The molecule has 4 heteroatoms.